The fraction of sp³-hybridized carbons (Fsp3) is 0.143. The van der Waals surface area contributed by atoms with Crippen LogP contribution < -0.4 is 5.32 Å². The molecule has 0 unspecified atom stereocenters. The van der Waals surface area contributed by atoms with Crippen LogP contribution in [0.5, 0.6) is 0 Å². The van der Waals surface area contributed by atoms with Crippen LogP contribution >= 0.6 is 46.3 Å². The van der Waals surface area contributed by atoms with Gasteiger partial charge in [-0.15, -0.1) is 23.1 Å². The molecule has 1 amide bonds. The average Bonchev–Trinajstić information content (AvgIpc) is 3.38. The molecule has 2 aromatic carbocycles. The molecular weight excluding hydrogens is 475 g/mol. The number of benzene rings is 2. The molecule has 2 aromatic heterocycles. The predicted molar refractivity (Wildman–Crippen MR) is 124 cm³/mol. The summed E-state index contributed by atoms with van der Waals surface area (Å²) < 4.78 is 5.14. The number of aromatic nitrogens is 3. The van der Waals surface area contributed by atoms with Gasteiger partial charge in [0, 0.05) is 22.4 Å². The molecule has 4 aromatic rings. The van der Waals surface area contributed by atoms with Crippen molar-refractivity contribution < 1.29 is 9.32 Å². The van der Waals surface area contributed by atoms with Gasteiger partial charge in [0.25, 0.3) is 5.91 Å². The number of nitrogens with one attached hydrogen (secondary N) is 1. The Bertz CT molecular complexity index is 1230. The van der Waals surface area contributed by atoms with Crippen molar-refractivity contribution in [1.82, 2.24) is 15.1 Å². The topological polar surface area (TPSA) is 80.9 Å². The normalized spacial score (nSPS) is 10.9. The number of thiazole rings is 1. The minimum atomic E-state index is -0.230. The molecule has 0 aliphatic rings. The monoisotopic (exact) mass is 490 g/mol. The van der Waals surface area contributed by atoms with Crippen LogP contribution in [0.25, 0.3) is 0 Å². The van der Waals surface area contributed by atoms with Gasteiger partial charge in [-0.25, -0.2) is 4.98 Å². The van der Waals surface area contributed by atoms with Gasteiger partial charge in [-0.05, 0) is 30.7 Å². The minimum Gasteiger partial charge on any atom is -0.338 e. The molecule has 10 heteroatoms. The Hall–Kier alpha value is -2.39. The molecule has 4 rings (SSSR count). The van der Waals surface area contributed by atoms with E-state index in [0.29, 0.717) is 44.6 Å². The molecule has 0 saturated heterocycles. The van der Waals surface area contributed by atoms with Crippen LogP contribution in [0.1, 0.15) is 32.5 Å². The number of carbonyl (C=O) groups is 1. The van der Waals surface area contributed by atoms with Crippen molar-refractivity contribution in [2.75, 3.05) is 5.32 Å². The number of thioether (sulfide) groups is 1. The van der Waals surface area contributed by atoms with Crippen molar-refractivity contribution >= 4 is 57.3 Å². The number of hydrogen-bond donors (Lipinski definition) is 1. The first kappa shape index (κ1) is 21.8. The van der Waals surface area contributed by atoms with Gasteiger partial charge in [0.15, 0.2) is 11.0 Å². The number of halogens is 2. The molecule has 1 N–H and O–H groups in total. The summed E-state index contributed by atoms with van der Waals surface area (Å²) in [5.41, 5.74) is 1.46. The van der Waals surface area contributed by atoms with Crippen molar-refractivity contribution in [2.24, 2.45) is 0 Å². The Morgan fingerprint density at radius 3 is 2.84 bits per heavy atom. The lowest BCUT2D eigenvalue weighted by Crippen LogP contribution is -2.12. The van der Waals surface area contributed by atoms with Crippen LogP contribution in [-0.2, 0) is 12.2 Å². The zero-order valence-corrected chi connectivity index (χ0v) is 19.4. The third-order valence-corrected chi connectivity index (χ3v) is 7.05. The Kier molecular flexibility index (Phi) is 6.92. The highest BCUT2D eigenvalue weighted by Gasteiger charge is 2.15. The lowest BCUT2D eigenvalue weighted by molar-refractivity contribution is 0.102. The maximum absolute atomic E-state index is 12.9. The van der Waals surface area contributed by atoms with Gasteiger partial charge < -0.3 is 4.52 Å². The Balaban J connectivity index is 1.43. The number of aryl methyl sites for hydroxylation is 1. The fourth-order valence-electron chi connectivity index (χ4n) is 2.80. The molecule has 0 aliphatic carbocycles. The summed E-state index contributed by atoms with van der Waals surface area (Å²) in [6.45, 7) is 1.77. The molecule has 2 heterocycles. The molecule has 6 nitrogen and oxygen atoms in total. The summed E-state index contributed by atoms with van der Waals surface area (Å²) >= 11 is 15.2. The third-order valence-electron chi connectivity index (χ3n) is 4.22. The zero-order chi connectivity index (χ0) is 21.8. The fourth-order valence-corrected chi connectivity index (χ4v) is 4.91. The second-order valence-corrected chi connectivity index (χ2v) is 9.41. The van der Waals surface area contributed by atoms with E-state index in [0.717, 1.165) is 15.3 Å². The van der Waals surface area contributed by atoms with E-state index >= 15 is 0 Å². The van der Waals surface area contributed by atoms with Crippen molar-refractivity contribution in [2.45, 2.75) is 24.0 Å². The molecule has 158 valence electrons. The molecule has 31 heavy (non-hydrogen) atoms. The summed E-state index contributed by atoms with van der Waals surface area (Å²) in [5, 5.41) is 8.23. The lowest BCUT2D eigenvalue weighted by atomic mass is 10.1. The van der Waals surface area contributed by atoms with E-state index in [9.17, 15) is 4.79 Å². The average molecular weight is 491 g/mol. The van der Waals surface area contributed by atoms with Crippen LogP contribution in [0, 0.1) is 6.92 Å². The molecular formula is C21H16Cl2N4O2S2. The summed E-state index contributed by atoms with van der Waals surface area (Å²) in [4.78, 5) is 23.2. The van der Waals surface area contributed by atoms with Crippen molar-refractivity contribution in [1.29, 1.82) is 0 Å². The van der Waals surface area contributed by atoms with Crippen molar-refractivity contribution in [3.63, 3.8) is 0 Å². The Morgan fingerprint density at radius 1 is 1.19 bits per heavy atom. The van der Waals surface area contributed by atoms with Gasteiger partial charge in [-0.2, -0.15) is 4.98 Å². The largest absolute Gasteiger partial charge is 0.338 e. The number of amides is 1. The highest BCUT2D eigenvalue weighted by Crippen LogP contribution is 2.30. The van der Waals surface area contributed by atoms with E-state index in [1.54, 1.807) is 25.3 Å². The highest BCUT2D eigenvalue weighted by atomic mass is 35.5. The highest BCUT2D eigenvalue weighted by molar-refractivity contribution is 7.98. The molecule has 0 bridgehead atoms. The van der Waals surface area contributed by atoms with Crippen molar-refractivity contribution in [3.05, 3.63) is 86.4 Å². The first-order chi connectivity index (χ1) is 15.0. The van der Waals surface area contributed by atoms with E-state index in [-0.39, 0.29) is 5.91 Å². The number of anilines is 1. The summed E-state index contributed by atoms with van der Waals surface area (Å²) in [6, 6.07) is 12.9. The number of hydrogen-bond acceptors (Lipinski definition) is 7. The summed E-state index contributed by atoms with van der Waals surface area (Å²) in [6.07, 6.45) is 2.32. The van der Waals surface area contributed by atoms with Crippen LogP contribution in [-0.4, -0.2) is 21.0 Å². The smallest absolute Gasteiger partial charge is 0.258 e. The molecule has 0 aliphatic heterocycles. The second kappa shape index (κ2) is 9.82. The van der Waals surface area contributed by atoms with E-state index in [1.807, 2.05) is 30.3 Å². The number of rotatable bonds is 7. The zero-order valence-electron chi connectivity index (χ0n) is 16.3. The summed E-state index contributed by atoms with van der Waals surface area (Å²) in [7, 11) is 0. The van der Waals surface area contributed by atoms with Crippen LogP contribution in [0.4, 0.5) is 5.13 Å². The Morgan fingerprint density at radius 2 is 2.03 bits per heavy atom. The number of carbonyl (C=O) groups excluding carboxylic acids is 1. The predicted octanol–water partition coefficient (Wildman–Crippen LogP) is 6.28. The van der Waals surface area contributed by atoms with Gasteiger partial charge >= 0.3 is 0 Å². The standard InChI is InChI=1S/C21H16Cl2N4O2S2/c1-12-25-18(29-27-12)11-30-17-8-3-2-6-15(17)20(28)26-21-24-10-14(31-21)9-13-5-4-7-16(22)19(13)23/h2-8,10H,9,11H2,1H3,(H,24,26,28). The first-order valence-electron chi connectivity index (χ1n) is 9.19. The van der Waals surface area contributed by atoms with Gasteiger partial charge in [-0.3, -0.25) is 10.1 Å². The molecule has 0 spiro atoms. The van der Waals surface area contributed by atoms with Crippen molar-refractivity contribution in [3.8, 4) is 0 Å². The maximum atomic E-state index is 12.9. The number of nitrogens with zero attached hydrogens (tertiary/aromatic N) is 3. The second-order valence-electron chi connectivity index (χ2n) is 6.50. The van der Waals surface area contributed by atoms with E-state index in [4.69, 9.17) is 27.7 Å². The summed E-state index contributed by atoms with van der Waals surface area (Å²) in [5.74, 6) is 1.35. The molecule has 0 saturated carbocycles. The van der Waals surface area contributed by atoms with Gasteiger partial charge in [0.2, 0.25) is 5.89 Å². The van der Waals surface area contributed by atoms with Crippen LogP contribution in [0.15, 0.2) is 58.1 Å². The minimum absolute atomic E-state index is 0.230. The van der Waals surface area contributed by atoms with Crippen LogP contribution in [0.3, 0.4) is 0 Å². The van der Waals surface area contributed by atoms with E-state index in [1.165, 1.54) is 23.1 Å². The SMILES string of the molecule is Cc1noc(CSc2ccccc2C(=O)Nc2ncc(Cc3cccc(Cl)c3Cl)s2)n1. The molecule has 0 radical (unpaired) electrons. The van der Waals surface area contributed by atoms with Crippen LogP contribution in [0.2, 0.25) is 10.0 Å². The quantitative estimate of drug-likeness (QED) is 0.307. The van der Waals surface area contributed by atoms with Gasteiger partial charge in [0.1, 0.15) is 0 Å². The van der Waals surface area contributed by atoms with E-state index in [2.05, 4.69) is 20.4 Å². The Labute approximate surface area is 197 Å². The van der Waals surface area contributed by atoms with E-state index < -0.39 is 0 Å². The molecule has 0 atom stereocenters. The maximum Gasteiger partial charge on any atom is 0.258 e. The van der Waals surface area contributed by atoms with Gasteiger partial charge in [-0.1, -0.05) is 52.6 Å². The van der Waals surface area contributed by atoms with Gasteiger partial charge in [0.05, 0.1) is 21.4 Å². The lowest BCUT2D eigenvalue weighted by Gasteiger charge is -2.07. The first-order valence-corrected chi connectivity index (χ1v) is 11.8. The molecule has 0 fully saturated rings. The third kappa shape index (κ3) is 5.46.